The lowest BCUT2D eigenvalue weighted by molar-refractivity contribution is 0.974. The molecule has 2 aromatic rings. The van der Waals surface area contributed by atoms with Crippen LogP contribution in [0, 0.1) is 6.92 Å². The lowest BCUT2D eigenvalue weighted by atomic mass is 10.3. The van der Waals surface area contributed by atoms with Crippen LogP contribution in [0.4, 0.5) is 0 Å². The van der Waals surface area contributed by atoms with Crippen LogP contribution in [0.3, 0.4) is 0 Å². The maximum Gasteiger partial charge on any atom is 0.180 e. The Morgan fingerprint density at radius 3 is 2.71 bits per heavy atom. The number of hydrogen-bond donors (Lipinski definition) is 0. The predicted octanol–water partition coefficient (Wildman–Crippen LogP) is 4.20. The fraction of sp³-hybridized carbons (Fsp3) is 0.364. The van der Waals surface area contributed by atoms with Gasteiger partial charge in [-0.25, -0.2) is 15.0 Å². The lowest BCUT2D eigenvalue weighted by Crippen LogP contribution is -1.97. The molecule has 0 unspecified atom stereocenters. The molecule has 17 heavy (non-hydrogen) atoms. The van der Waals surface area contributed by atoms with Crippen molar-refractivity contribution in [3.8, 4) is 11.5 Å². The third kappa shape index (κ3) is 2.23. The van der Waals surface area contributed by atoms with Crippen LogP contribution in [0.5, 0.6) is 0 Å². The number of hydrogen-bond acceptors (Lipinski definition) is 4. The van der Waals surface area contributed by atoms with Gasteiger partial charge in [-0.1, -0.05) is 11.6 Å². The van der Waals surface area contributed by atoms with Gasteiger partial charge in [0.1, 0.15) is 10.8 Å². The van der Waals surface area contributed by atoms with Crippen molar-refractivity contribution in [2.75, 3.05) is 0 Å². The molecule has 2 heterocycles. The van der Waals surface area contributed by atoms with Crippen molar-refractivity contribution in [3.05, 3.63) is 25.7 Å². The number of nitrogens with zero attached hydrogens (tertiary/aromatic N) is 3. The third-order valence-corrected chi connectivity index (χ3v) is 4.71. The Kier molecular flexibility index (Phi) is 2.92. The zero-order chi connectivity index (χ0) is 12.0. The molecule has 1 aliphatic rings. The summed E-state index contributed by atoms with van der Waals surface area (Å²) in [5.74, 6) is 1.16. The van der Waals surface area contributed by atoms with E-state index < -0.39 is 0 Å². The lowest BCUT2D eigenvalue weighted by Gasteiger charge is -2.05. The highest BCUT2D eigenvalue weighted by Gasteiger charge is 2.29. The highest BCUT2D eigenvalue weighted by Crippen LogP contribution is 2.44. The summed E-state index contributed by atoms with van der Waals surface area (Å²) in [6.07, 6.45) is 2.36. The van der Waals surface area contributed by atoms with Crippen molar-refractivity contribution in [1.82, 2.24) is 15.0 Å². The first kappa shape index (κ1) is 11.6. The predicted molar refractivity (Wildman–Crippen MR) is 72.6 cm³/mol. The van der Waals surface area contributed by atoms with Crippen molar-refractivity contribution in [1.29, 1.82) is 0 Å². The summed E-state index contributed by atoms with van der Waals surface area (Å²) in [6.45, 7) is 1.97. The van der Waals surface area contributed by atoms with Gasteiger partial charge in [-0.3, -0.25) is 0 Å². The third-order valence-electron chi connectivity index (χ3n) is 2.65. The summed E-state index contributed by atoms with van der Waals surface area (Å²) in [5.41, 5.74) is 1.83. The molecule has 1 fully saturated rings. The highest BCUT2D eigenvalue weighted by molar-refractivity contribution is 9.10. The van der Waals surface area contributed by atoms with Crippen LogP contribution in [0.25, 0.3) is 11.5 Å². The van der Waals surface area contributed by atoms with Gasteiger partial charge in [0.25, 0.3) is 0 Å². The Bertz CT molecular complexity index is 580. The van der Waals surface area contributed by atoms with Crippen molar-refractivity contribution in [3.63, 3.8) is 0 Å². The molecule has 0 spiro atoms. The van der Waals surface area contributed by atoms with Crippen molar-refractivity contribution in [2.24, 2.45) is 0 Å². The monoisotopic (exact) mass is 329 g/mol. The van der Waals surface area contributed by atoms with Gasteiger partial charge in [-0.15, -0.1) is 11.3 Å². The molecule has 0 radical (unpaired) electrons. The molecule has 88 valence electrons. The van der Waals surface area contributed by atoms with Crippen LogP contribution in [0.15, 0.2) is 9.85 Å². The average molecular weight is 331 g/mol. The van der Waals surface area contributed by atoms with E-state index in [1.807, 2.05) is 12.3 Å². The summed E-state index contributed by atoms with van der Waals surface area (Å²) in [7, 11) is 0. The zero-order valence-electron chi connectivity index (χ0n) is 9.07. The minimum absolute atomic E-state index is 0.475. The van der Waals surface area contributed by atoms with E-state index in [0.717, 1.165) is 20.9 Å². The van der Waals surface area contributed by atoms with Gasteiger partial charge >= 0.3 is 0 Å². The normalized spacial score (nSPS) is 15.2. The molecular weight excluding hydrogens is 322 g/mol. The number of rotatable bonds is 2. The Morgan fingerprint density at radius 2 is 2.12 bits per heavy atom. The van der Waals surface area contributed by atoms with Crippen molar-refractivity contribution >= 4 is 38.9 Å². The number of aromatic nitrogens is 3. The maximum atomic E-state index is 6.13. The van der Waals surface area contributed by atoms with E-state index in [4.69, 9.17) is 11.6 Å². The van der Waals surface area contributed by atoms with E-state index in [0.29, 0.717) is 16.9 Å². The Hall–Kier alpha value is -0.520. The molecule has 0 aliphatic heterocycles. The van der Waals surface area contributed by atoms with Gasteiger partial charge in [0.05, 0.1) is 15.2 Å². The van der Waals surface area contributed by atoms with E-state index in [1.165, 1.54) is 12.8 Å². The molecule has 3 rings (SSSR count). The first-order valence-corrected chi connectivity index (χ1v) is 7.35. The first-order chi connectivity index (χ1) is 8.15. The average Bonchev–Trinajstić information content (AvgIpc) is 3.05. The minimum atomic E-state index is 0.475. The van der Waals surface area contributed by atoms with Crippen LogP contribution in [0.1, 0.15) is 29.5 Å². The summed E-state index contributed by atoms with van der Waals surface area (Å²) < 4.78 is 0.831. The van der Waals surface area contributed by atoms with Crippen LogP contribution in [0.2, 0.25) is 5.15 Å². The second kappa shape index (κ2) is 4.30. The van der Waals surface area contributed by atoms with Crippen LogP contribution >= 0.6 is 38.9 Å². The Morgan fingerprint density at radius 1 is 1.35 bits per heavy atom. The van der Waals surface area contributed by atoms with E-state index in [2.05, 4.69) is 30.9 Å². The largest absolute Gasteiger partial charge is 0.238 e. The maximum absolute atomic E-state index is 6.13. The van der Waals surface area contributed by atoms with E-state index in [9.17, 15) is 0 Å². The first-order valence-electron chi connectivity index (χ1n) is 5.30. The van der Waals surface area contributed by atoms with E-state index in [1.54, 1.807) is 11.3 Å². The minimum Gasteiger partial charge on any atom is -0.238 e. The SMILES string of the molecule is Cc1nc(-c2nc(Cl)c(Br)c(C3CC3)n2)cs1. The van der Waals surface area contributed by atoms with E-state index in [-0.39, 0.29) is 0 Å². The fourth-order valence-corrected chi connectivity index (χ4v) is 2.91. The molecule has 1 saturated carbocycles. The van der Waals surface area contributed by atoms with Gasteiger partial charge in [-0.2, -0.15) is 0 Å². The van der Waals surface area contributed by atoms with Crippen molar-refractivity contribution in [2.45, 2.75) is 25.7 Å². The van der Waals surface area contributed by atoms with Crippen LogP contribution in [-0.2, 0) is 0 Å². The van der Waals surface area contributed by atoms with Gasteiger partial charge in [0, 0.05) is 11.3 Å². The van der Waals surface area contributed by atoms with E-state index >= 15 is 0 Å². The standard InChI is InChI=1S/C11H9BrClN3S/c1-5-14-7(4-17-5)11-15-9(6-2-3-6)8(12)10(13)16-11/h4,6H,2-3H2,1H3. The number of aryl methyl sites for hydroxylation is 1. The summed E-state index contributed by atoms with van der Waals surface area (Å²) in [6, 6.07) is 0. The summed E-state index contributed by atoms with van der Waals surface area (Å²) >= 11 is 11.2. The van der Waals surface area contributed by atoms with Gasteiger partial charge in [-0.05, 0) is 35.7 Å². The topological polar surface area (TPSA) is 38.7 Å². The van der Waals surface area contributed by atoms with Crippen molar-refractivity contribution < 1.29 is 0 Å². The van der Waals surface area contributed by atoms with Crippen LogP contribution < -0.4 is 0 Å². The van der Waals surface area contributed by atoms with Gasteiger partial charge < -0.3 is 0 Å². The summed E-state index contributed by atoms with van der Waals surface area (Å²) in [4.78, 5) is 13.3. The molecule has 6 heteroatoms. The van der Waals surface area contributed by atoms with Gasteiger partial charge in [0.15, 0.2) is 5.82 Å². The zero-order valence-corrected chi connectivity index (χ0v) is 12.2. The molecule has 0 saturated heterocycles. The van der Waals surface area contributed by atoms with Gasteiger partial charge in [0.2, 0.25) is 0 Å². The molecule has 1 aliphatic carbocycles. The smallest absolute Gasteiger partial charge is 0.180 e. The second-order valence-corrected chi connectivity index (χ2v) is 6.28. The molecule has 0 amide bonds. The number of thiazole rings is 1. The fourth-order valence-electron chi connectivity index (χ4n) is 1.64. The number of halogens is 2. The molecule has 0 aromatic carbocycles. The molecular formula is C11H9BrClN3S. The van der Waals surface area contributed by atoms with Crippen LogP contribution in [-0.4, -0.2) is 15.0 Å². The molecule has 2 aromatic heterocycles. The molecule has 3 nitrogen and oxygen atoms in total. The molecule has 0 atom stereocenters. The Labute approximate surface area is 116 Å². The molecule has 0 bridgehead atoms. The Balaban J connectivity index is 2.11. The second-order valence-electron chi connectivity index (χ2n) is 4.06. The quantitative estimate of drug-likeness (QED) is 0.775. The molecule has 0 N–H and O–H groups in total. The highest BCUT2D eigenvalue weighted by atomic mass is 79.9. The summed E-state index contributed by atoms with van der Waals surface area (Å²) in [5, 5.41) is 3.45.